The summed E-state index contributed by atoms with van der Waals surface area (Å²) in [6.07, 6.45) is 1.73. The molecule has 1 aliphatic carbocycles. The monoisotopic (exact) mass is 346 g/mol. The highest BCUT2D eigenvalue weighted by Gasteiger charge is 2.38. The van der Waals surface area contributed by atoms with Crippen LogP contribution in [0.5, 0.6) is 5.75 Å². The SMILES string of the molecule is COc1ccc(COC2C=C(C)/C(=N\N(C)C)CC(C)(C)C2O)cc1. The predicted octanol–water partition coefficient (Wildman–Crippen LogP) is 3.24. The molecule has 0 radical (unpaired) electrons. The van der Waals surface area contributed by atoms with Crippen LogP contribution in [0.3, 0.4) is 0 Å². The van der Waals surface area contributed by atoms with Gasteiger partial charge in [0.05, 0.1) is 25.5 Å². The molecule has 1 aliphatic rings. The molecule has 0 aliphatic heterocycles. The molecule has 1 aromatic carbocycles. The Kier molecular flexibility index (Phi) is 6.25. The van der Waals surface area contributed by atoms with Crippen molar-refractivity contribution < 1.29 is 14.6 Å². The summed E-state index contributed by atoms with van der Waals surface area (Å²) in [5.41, 5.74) is 2.76. The van der Waals surface area contributed by atoms with Crippen LogP contribution < -0.4 is 4.74 Å². The molecule has 0 saturated carbocycles. The summed E-state index contributed by atoms with van der Waals surface area (Å²) in [5, 5.41) is 17.2. The molecular formula is C20H30N2O3. The van der Waals surface area contributed by atoms with Gasteiger partial charge in [0, 0.05) is 14.1 Å². The van der Waals surface area contributed by atoms with Gasteiger partial charge in [-0.05, 0) is 48.1 Å². The highest BCUT2D eigenvalue weighted by molar-refractivity contribution is 6.00. The van der Waals surface area contributed by atoms with Crippen LogP contribution in [0.2, 0.25) is 0 Å². The van der Waals surface area contributed by atoms with Crippen molar-refractivity contribution >= 4 is 5.71 Å². The molecule has 25 heavy (non-hydrogen) atoms. The zero-order valence-electron chi connectivity index (χ0n) is 16.1. The number of hydrogen-bond acceptors (Lipinski definition) is 5. The molecule has 0 heterocycles. The second-order valence-electron chi connectivity index (χ2n) is 7.48. The molecule has 0 spiro atoms. The van der Waals surface area contributed by atoms with Crippen LogP contribution in [0.4, 0.5) is 0 Å². The van der Waals surface area contributed by atoms with Gasteiger partial charge in [0.25, 0.3) is 0 Å². The fourth-order valence-electron chi connectivity index (χ4n) is 2.96. The van der Waals surface area contributed by atoms with Crippen molar-refractivity contribution in [2.75, 3.05) is 21.2 Å². The van der Waals surface area contributed by atoms with Gasteiger partial charge in [-0.3, -0.25) is 0 Å². The van der Waals surface area contributed by atoms with Crippen LogP contribution in [0.1, 0.15) is 32.8 Å². The average molecular weight is 346 g/mol. The summed E-state index contributed by atoms with van der Waals surface area (Å²) in [6.45, 7) is 6.57. The third-order valence-corrected chi connectivity index (χ3v) is 4.53. The van der Waals surface area contributed by atoms with E-state index in [9.17, 15) is 5.11 Å². The van der Waals surface area contributed by atoms with E-state index in [1.165, 1.54) is 0 Å². The molecular weight excluding hydrogens is 316 g/mol. The minimum absolute atomic E-state index is 0.326. The minimum Gasteiger partial charge on any atom is -0.497 e. The number of benzene rings is 1. The predicted molar refractivity (Wildman–Crippen MR) is 101 cm³/mol. The number of ether oxygens (including phenoxy) is 2. The van der Waals surface area contributed by atoms with E-state index in [0.29, 0.717) is 13.0 Å². The third kappa shape index (κ3) is 5.06. The molecule has 1 N–H and O–H groups in total. The first-order valence-electron chi connectivity index (χ1n) is 8.59. The van der Waals surface area contributed by atoms with Gasteiger partial charge in [0.1, 0.15) is 11.9 Å². The lowest BCUT2D eigenvalue weighted by molar-refractivity contribution is -0.0674. The van der Waals surface area contributed by atoms with Crippen molar-refractivity contribution in [1.82, 2.24) is 5.01 Å². The number of hydrazone groups is 1. The largest absolute Gasteiger partial charge is 0.497 e. The minimum atomic E-state index is -0.601. The Morgan fingerprint density at radius 1 is 1.24 bits per heavy atom. The first-order valence-corrected chi connectivity index (χ1v) is 8.59. The normalized spacial score (nSPS) is 24.6. The third-order valence-electron chi connectivity index (χ3n) is 4.53. The Balaban J connectivity index is 2.17. The van der Waals surface area contributed by atoms with Gasteiger partial charge in [0.15, 0.2) is 0 Å². The van der Waals surface area contributed by atoms with Crippen LogP contribution in [0.25, 0.3) is 0 Å². The highest BCUT2D eigenvalue weighted by Crippen LogP contribution is 2.34. The van der Waals surface area contributed by atoms with E-state index >= 15 is 0 Å². The molecule has 0 amide bonds. The van der Waals surface area contributed by atoms with Crippen molar-refractivity contribution in [3.8, 4) is 5.75 Å². The number of aliphatic hydroxyl groups is 1. The molecule has 0 fully saturated rings. The van der Waals surface area contributed by atoms with Crippen molar-refractivity contribution in [1.29, 1.82) is 0 Å². The Bertz CT molecular complexity index is 633. The number of rotatable bonds is 5. The van der Waals surface area contributed by atoms with Crippen molar-refractivity contribution in [3.63, 3.8) is 0 Å². The molecule has 5 nitrogen and oxygen atoms in total. The number of hydrogen-bond donors (Lipinski definition) is 1. The standard InChI is InChI=1S/C20H30N2O3/c1-14-11-18(25-13-15-7-9-16(24-6)10-8-15)19(23)20(2,3)12-17(14)21-22(4)5/h7-11,18-19,23H,12-13H2,1-6H3/b21-17-. The summed E-state index contributed by atoms with van der Waals surface area (Å²) in [7, 11) is 5.47. The van der Waals surface area contributed by atoms with E-state index < -0.39 is 6.10 Å². The van der Waals surface area contributed by atoms with E-state index in [0.717, 1.165) is 22.6 Å². The molecule has 0 bridgehead atoms. The molecule has 0 aromatic heterocycles. The fraction of sp³-hybridized carbons (Fsp3) is 0.550. The number of allylic oxidation sites excluding steroid dienone is 1. The van der Waals surface area contributed by atoms with E-state index in [-0.39, 0.29) is 11.5 Å². The first-order chi connectivity index (χ1) is 11.7. The first kappa shape index (κ1) is 19.5. The van der Waals surface area contributed by atoms with Gasteiger partial charge in [-0.2, -0.15) is 5.10 Å². The van der Waals surface area contributed by atoms with Gasteiger partial charge in [0.2, 0.25) is 0 Å². The van der Waals surface area contributed by atoms with Gasteiger partial charge in [-0.1, -0.05) is 26.0 Å². The Hall–Kier alpha value is -1.85. The molecule has 0 saturated heterocycles. The Morgan fingerprint density at radius 2 is 1.88 bits per heavy atom. The van der Waals surface area contributed by atoms with E-state index in [2.05, 4.69) is 18.9 Å². The lowest BCUT2D eigenvalue weighted by Gasteiger charge is -2.33. The summed E-state index contributed by atoms with van der Waals surface area (Å²) in [4.78, 5) is 0. The number of methoxy groups -OCH3 is 1. The van der Waals surface area contributed by atoms with Crippen LogP contribution >= 0.6 is 0 Å². The van der Waals surface area contributed by atoms with E-state index in [4.69, 9.17) is 9.47 Å². The molecule has 2 unspecified atom stereocenters. The van der Waals surface area contributed by atoms with Crippen molar-refractivity contribution in [2.45, 2.75) is 46.0 Å². The van der Waals surface area contributed by atoms with Crippen molar-refractivity contribution in [2.24, 2.45) is 10.5 Å². The van der Waals surface area contributed by atoms with E-state index in [1.54, 1.807) is 12.1 Å². The maximum absolute atomic E-state index is 10.8. The zero-order valence-corrected chi connectivity index (χ0v) is 16.1. The average Bonchev–Trinajstić information content (AvgIpc) is 2.63. The Morgan fingerprint density at radius 3 is 2.44 bits per heavy atom. The van der Waals surface area contributed by atoms with Gasteiger partial charge >= 0.3 is 0 Å². The summed E-state index contributed by atoms with van der Waals surface area (Å²) in [6, 6.07) is 7.77. The summed E-state index contributed by atoms with van der Waals surface area (Å²) in [5.74, 6) is 0.819. The molecule has 1 aromatic rings. The maximum atomic E-state index is 10.8. The van der Waals surface area contributed by atoms with Crippen LogP contribution in [0.15, 0.2) is 41.0 Å². The second kappa shape index (κ2) is 8.02. The zero-order chi connectivity index (χ0) is 18.6. The Labute approximate surface area is 150 Å². The van der Waals surface area contributed by atoms with Crippen LogP contribution in [-0.2, 0) is 11.3 Å². The molecule has 2 rings (SSSR count). The van der Waals surface area contributed by atoms with Gasteiger partial charge in [-0.15, -0.1) is 0 Å². The quantitative estimate of drug-likeness (QED) is 0.832. The summed E-state index contributed by atoms with van der Waals surface area (Å²) >= 11 is 0. The summed E-state index contributed by atoms with van der Waals surface area (Å²) < 4.78 is 11.2. The smallest absolute Gasteiger partial charge is 0.118 e. The maximum Gasteiger partial charge on any atom is 0.118 e. The fourth-order valence-corrected chi connectivity index (χ4v) is 2.96. The van der Waals surface area contributed by atoms with Gasteiger partial charge in [-0.25, -0.2) is 0 Å². The van der Waals surface area contributed by atoms with Crippen LogP contribution in [0, 0.1) is 5.41 Å². The highest BCUT2D eigenvalue weighted by atomic mass is 16.5. The lowest BCUT2D eigenvalue weighted by atomic mass is 9.80. The number of nitrogens with zero attached hydrogens (tertiary/aromatic N) is 2. The van der Waals surface area contributed by atoms with Crippen molar-refractivity contribution in [3.05, 3.63) is 41.5 Å². The second-order valence-corrected chi connectivity index (χ2v) is 7.48. The lowest BCUT2D eigenvalue weighted by Crippen LogP contribution is -2.39. The molecule has 138 valence electrons. The van der Waals surface area contributed by atoms with Crippen LogP contribution in [-0.4, -0.2) is 49.2 Å². The van der Waals surface area contributed by atoms with Gasteiger partial charge < -0.3 is 19.6 Å². The van der Waals surface area contributed by atoms with E-state index in [1.807, 2.05) is 51.4 Å². The topological polar surface area (TPSA) is 54.3 Å². The molecule has 2 atom stereocenters. The number of aliphatic hydroxyl groups excluding tert-OH is 1. The molecule has 5 heteroatoms.